The number of nitrogens with zero attached hydrogens (tertiary/aromatic N) is 2. The van der Waals surface area contributed by atoms with E-state index in [0.29, 0.717) is 44.3 Å². The van der Waals surface area contributed by atoms with Crippen LogP contribution in [0.3, 0.4) is 0 Å². The summed E-state index contributed by atoms with van der Waals surface area (Å²) in [4.78, 5) is 13.8. The van der Waals surface area contributed by atoms with Gasteiger partial charge in [-0.15, -0.1) is 0 Å². The van der Waals surface area contributed by atoms with Gasteiger partial charge in [0.25, 0.3) is 0 Å². The Bertz CT molecular complexity index is 271. The van der Waals surface area contributed by atoms with Crippen LogP contribution in [0, 0.1) is 23.2 Å². The number of nitrogens with two attached hydrogens (primary N) is 1. The van der Waals surface area contributed by atoms with E-state index in [4.69, 9.17) is 11.0 Å². The lowest BCUT2D eigenvalue weighted by atomic mass is 9.88. The zero-order chi connectivity index (χ0) is 14.0. The van der Waals surface area contributed by atoms with Crippen LogP contribution in [0.1, 0.15) is 46.5 Å². The van der Waals surface area contributed by atoms with E-state index >= 15 is 0 Å². The summed E-state index contributed by atoms with van der Waals surface area (Å²) in [6.07, 6.45) is 2.87. The summed E-state index contributed by atoms with van der Waals surface area (Å²) in [6, 6.07) is 2.08. The second-order valence-electron chi connectivity index (χ2n) is 5.00. The fourth-order valence-electron chi connectivity index (χ4n) is 2.14. The first-order valence-electron chi connectivity index (χ1n) is 6.91. The van der Waals surface area contributed by atoms with E-state index in [9.17, 15) is 4.79 Å². The first-order chi connectivity index (χ1) is 8.56. The molecule has 0 saturated heterocycles. The second-order valence-corrected chi connectivity index (χ2v) is 5.00. The summed E-state index contributed by atoms with van der Waals surface area (Å²) in [6.45, 7) is 8.23. The lowest BCUT2D eigenvalue weighted by Crippen LogP contribution is -2.32. The minimum Gasteiger partial charge on any atom is -0.342 e. The highest BCUT2D eigenvalue weighted by atomic mass is 16.2. The van der Waals surface area contributed by atoms with Gasteiger partial charge in [0.2, 0.25) is 5.91 Å². The van der Waals surface area contributed by atoms with Crippen molar-refractivity contribution in [2.45, 2.75) is 46.5 Å². The zero-order valence-corrected chi connectivity index (χ0v) is 12.0. The minimum absolute atomic E-state index is 0.162. The van der Waals surface area contributed by atoms with Crippen LogP contribution in [-0.4, -0.2) is 30.4 Å². The van der Waals surface area contributed by atoms with Crippen LogP contribution >= 0.6 is 0 Å². The van der Waals surface area contributed by atoms with Crippen molar-refractivity contribution in [3.63, 3.8) is 0 Å². The van der Waals surface area contributed by atoms with Gasteiger partial charge in [0, 0.05) is 19.5 Å². The predicted molar refractivity (Wildman–Crippen MR) is 73.7 cm³/mol. The van der Waals surface area contributed by atoms with Crippen LogP contribution in [0.2, 0.25) is 0 Å². The maximum absolute atomic E-state index is 12.0. The predicted octanol–water partition coefficient (Wildman–Crippen LogP) is 2.15. The highest BCUT2D eigenvalue weighted by molar-refractivity contribution is 5.76. The summed E-state index contributed by atoms with van der Waals surface area (Å²) >= 11 is 0. The molecular formula is C14H27N3O. The van der Waals surface area contributed by atoms with E-state index < -0.39 is 0 Å². The number of hydrogen-bond donors (Lipinski definition) is 1. The van der Waals surface area contributed by atoms with Crippen molar-refractivity contribution in [2.24, 2.45) is 17.6 Å². The summed E-state index contributed by atoms with van der Waals surface area (Å²) in [5, 5.41) is 8.55. The van der Waals surface area contributed by atoms with Gasteiger partial charge in [-0.05, 0) is 38.1 Å². The second kappa shape index (κ2) is 9.90. The fraction of sp³-hybridized carbons (Fsp3) is 0.857. The molecule has 104 valence electrons. The van der Waals surface area contributed by atoms with Gasteiger partial charge in [-0.1, -0.05) is 13.8 Å². The molecule has 0 radical (unpaired) electrons. The molecule has 0 heterocycles. The quantitative estimate of drug-likeness (QED) is 0.684. The number of nitriles is 1. The summed E-state index contributed by atoms with van der Waals surface area (Å²) in [5.74, 6) is 1.25. The van der Waals surface area contributed by atoms with E-state index in [1.54, 1.807) is 4.90 Å². The lowest BCUT2D eigenvalue weighted by molar-refractivity contribution is -0.131. The molecule has 0 aliphatic carbocycles. The van der Waals surface area contributed by atoms with E-state index in [0.717, 1.165) is 12.8 Å². The van der Waals surface area contributed by atoms with Gasteiger partial charge in [-0.3, -0.25) is 4.79 Å². The molecule has 0 aromatic carbocycles. The van der Waals surface area contributed by atoms with E-state index in [1.165, 1.54) is 0 Å². The van der Waals surface area contributed by atoms with Crippen molar-refractivity contribution in [1.82, 2.24) is 4.90 Å². The Morgan fingerprint density at radius 3 is 2.50 bits per heavy atom. The molecule has 0 spiro atoms. The average molecular weight is 253 g/mol. The largest absolute Gasteiger partial charge is 0.342 e. The highest BCUT2D eigenvalue weighted by Gasteiger charge is 2.17. The van der Waals surface area contributed by atoms with Gasteiger partial charge in [0.1, 0.15) is 0 Å². The number of rotatable bonds is 9. The molecule has 1 atom stereocenters. The van der Waals surface area contributed by atoms with Crippen molar-refractivity contribution in [2.75, 3.05) is 19.6 Å². The molecule has 0 fully saturated rings. The Morgan fingerprint density at radius 2 is 2.06 bits per heavy atom. The van der Waals surface area contributed by atoms with Gasteiger partial charge in [-0.2, -0.15) is 5.26 Å². The molecular weight excluding hydrogens is 226 g/mol. The van der Waals surface area contributed by atoms with E-state index in [1.807, 2.05) is 6.92 Å². The Labute approximate surface area is 111 Å². The zero-order valence-electron chi connectivity index (χ0n) is 12.0. The monoisotopic (exact) mass is 253 g/mol. The van der Waals surface area contributed by atoms with Crippen LogP contribution < -0.4 is 5.73 Å². The van der Waals surface area contributed by atoms with Crippen LogP contribution in [0.25, 0.3) is 0 Å². The molecule has 2 N–H and O–H groups in total. The maximum Gasteiger partial charge on any atom is 0.222 e. The van der Waals surface area contributed by atoms with E-state index in [-0.39, 0.29) is 5.91 Å². The summed E-state index contributed by atoms with van der Waals surface area (Å²) < 4.78 is 0. The molecule has 1 amide bonds. The first-order valence-corrected chi connectivity index (χ1v) is 6.91. The third-order valence-corrected chi connectivity index (χ3v) is 3.44. The number of carbonyl (C=O) groups is 1. The van der Waals surface area contributed by atoms with Crippen LogP contribution in [0.15, 0.2) is 0 Å². The molecule has 4 nitrogen and oxygen atoms in total. The third-order valence-electron chi connectivity index (χ3n) is 3.44. The van der Waals surface area contributed by atoms with Gasteiger partial charge in [0.15, 0.2) is 0 Å². The van der Waals surface area contributed by atoms with Gasteiger partial charge < -0.3 is 10.6 Å². The molecule has 0 aliphatic heterocycles. The topological polar surface area (TPSA) is 70.1 Å². The summed E-state index contributed by atoms with van der Waals surface area (Å²) in [7, 11) is 0. The Balaban J connectivity index is 4.15. The molecule has 1 unspecified atom stereocenters. The molecule has 0 saturated carbocycles. The van der Waals surface area contributed by atoms with E-state index in [2.05, 4.69) is 19.9 Å². The maximum atomic E-state index is 12.0. The highest BCUT2D eigenvalue weighted by Crippen LogP contribution is 2.20. The van der Waals surface area contributed by atoms with Crippen LogP contribution in [0.5, 0.6) is 0 Å². The molecule has 0 aromatic rings. The normalized spacial score (nSPS) is 12.2. The molecule has 0 rings (SSSR count). The third kappa shape index (κ3) is 6.61. The molecule has 0 aromatic heterocycles. The number of amides is 1. The number of hydrogen-bond acceptors (Lipinski definition) is 3. The Kier molecular flexibility index (Phi) is 9.31. The Morgan fingerprint density at radius 1 is 1.39 bits per heavy atom. The van der Waals surface area contributed by atoms with Gasteiger partial charge in [-0.25, -0.2) is 0 Å². The fourth-order valence-corrected chi connectivity index (χ4v) is 2.14. The van der Waals surface area contributed by atoms with Crippen molar-refractivity contribution < 1.29 is 4.79 Å². The van der Waals surface area contributed by atoms with Gasteiger partial charge >= 0.3 is 0 Å². The van der Waals surface area contributed by atoms with Crippen molar-refractivity contribution in [1.29, 1.82) is 5.26 Å². The van der Waals surface area contributed by atoms with Gasteiger partial charge in [0.05, 0.1) is 12.5 Å². The lowest BCUT2D eigenvalue weighted by Gasteiger charge is -2.23. The Hall–Kier alpha value is -1.08. The molecule has 0 bridgehead atoms. The number of carbonyl (C=O) groups excluding carboxylic acids is 1. The van der Waals surface area contributed by atoms with Crippen LogP contribution in [-0.2, 0) is 4.79 Å². The van der Waals surface area contributed by atoms with Crippen LogP contribution in [0.4, 0.5) is 0 Å². The molecule has 4 heteroatoms. The van der Waals surface area contributed by atoms with Crippen molar-refractivity contribution >= 4 is 5.91 Å². The smallest absolute Gasteiger partial charge is 0.222 e. The minimum atomic E-state index is 0.162. The SMILES string of the molecule is CCN(CCC#N)C(=O)CCC(CCN)C(C)C. The average Bonchev–Trinajstić information content (AvgIpc) is 2.34. The summed E-state index contributed by atoms with van der Waals surface area (Å²) in [5.41, 5.74) is 5.59. The molecule has 18 heavy (non-hydrogen) atoms. The van der Waals surface area contributed by atoms with Crippen molar-refractivity contribution in [3.8, 4) is 6.07 Å². The standard InChI is InChI=1S/C14H27N3O/c1-4-17(11-5-9-15)14(18)7-6-13(8-10-16)12(2)3/h12-13H,4-8,10-11,16H2,1-3H3. The first kappa shape index (κ1) is 16.9. The van der Waals surface area contributed by atoms with Crippen molar-refractivity contribution in [3.05, 3.63) is 0 Å². The molecule has 0 aliphatic rings.